The number of nitrogens with one attached hydrogen (secondary N) is 1. The minimum absolute atomic E-state index is 0.0109. The molecule has 2 aliphatic rings. The summed E-state index contributed by atoms with van der Waals surface area (Å²) < 4.78 is 27.3. The third-order valence-corrected chi connectivity index (χ3v) is 8.77. The van der Waals surface area contributed by atoms with Gasteiger partial charge in [-0.15, -0.1) is 0 Å². The van der Waals surface area contributed by atoms with Crippen molar-refractivity contribution in [3.63, 3.8) is 0 Å². The molecule has 2 aromatic rings. The highest BCUT2D eigenvalue weighted by Crippen LogP contribution is 2.24. The topological polar surface area (TPSA) is 93.5 Å². The molecule has 8 heteroatoms. The first-order valence-electron chi connectivity index (χ1n) is 12.0. The summed E-state index contributed by atoms with van der Waals surface area (Å²) in [5, 5.41) is 12.0. The molecular formula is C26H32N4O3S. The van der Waals surface area contributed by atoms with Crippen LogP contribution in [0.25, 0.3) is 0 Å². The number of carbonyl (C=O) groups is 1. The van der Waals surface area contributed by atoms with Crippen molar-refractivity contribution in [3.8, 4) is 6.07 Å². The average molecular weight is 481 g/mol. The fourth-order valence-corrected chi connectivity index (χ4v) is 6.25. The molecule has 1 amide bonds. The lowest BCUT2D eigenvalue weighted by Crippen LogP contribution is -2.42. The number of benzene rings is 2. The van der Waals surface area contributed by atoms with E-state index in [9.17, 15) is 13.2 Å². The van der Waals surface area contributed by atoms with Crippen LogP contribution < -0.4 is 5.32 Å². The van der Waals surface area contributed by atoms with Crippen LogP contribution in [-0.2, 0) is 27.9 Å². The van der Waals surface area contributed by atoms with E-state index in [4.69, 9.17) is 5.26 Å². The van der Waals surface area contributed by atoms with E-state index >= 15 is 0 Å². The molecule has 0 bridgehead atoms. The van der Waals surface area contributed by atoms with E-state index in [0.29, 0.717) is 38.0 Å². The Balaban J connectivity index is 1.30. The Bertz CT molecular complexity index is 1130. The Hall–Kier alpha value is -2.73. The largest absolute Gasteiger partial charge is 0.352 e. The third kappa shape index (κ3) is 5.84. The molecule has 2 aliphatic heterocycles. The molecule has 34 heavy (non-hydrogen) atoms. The van der Waals surface area contributed by atoms with Gasteiger partial charge in [-0.3, -0.25) is 9.69 Å². The van der Waals surface area contributed by atoms with Gasteiger partial charge >= 0.3 is 0 Å². The van der Waals surface area contributed by atoms with Crippen LogP contribution in [0, 0.1) is 17.2 Å². The first-order valence-corrected chi connectivity index (χ1v) is 13.5. The van der Waals surface area contributed by atoms with Gasteiger partial charge in [-0.2, -0.15) is 9.57 Å². The van der Waals surface area contributed by atoms with Crippen molar-refractivity contribution in [2.75, 3.05) is 26.2 Å². The van der Waals surface area contributed by atoms with Crippen molar-refractivity contribution in [2.24, 2.45) is 5.92 Å². The van der Waals surface area contributed by atoms with Crippen LogP contribution in [0.15, 0.2) is 53.4 Å². The summed E-state index contributed by atoms with van der Waals surface area (Å²) in [5.74, 6) is -0.204. The van der Waals surface area contributed by atoms with Crippen molar-refractivity contribution < 1.29 is 13.2 Å². The predicted molar refractivity (Wildman–Crippen MR) is 130 cm³/mol. The SMILES string of the molecule is N#Cc1ccc(S(=O)(=O)N2CCC(C(=O)NCc3ccccc3CN3CCCCC3)CC2)cc1. The van der Waals surface area contributed by atoms with E-state index in [2.05, 4.69) is 28.4 Å². The lowest BCUT2D eigenvalue weighted by molar-refractivity contribution is -0.126. The van der Waals surface area contributed by atoms with Crippen LogP contribution in [0.2, 0.25) is 0 Å². The van der Waals surface area contributed by atoms with Gasteiger partial charge in [-0.1, -0.05) is 30.7 Å². The van der Waals surface area contributed by atoms with Gasteiger partial charge in [-0.05, 0) is 74.2 Å². The molecule has 0 spiro atoms. The fraction of sp³-hybridized carbons (Fsp3) is 0.462. The number of carbonyl (C=O) groups excluding carboxylic acids is 1. The number of nitriles is 1. The average Bonchev–Trinajstić information content (AvgIpc) is 2.88. The zero-order chi connectivity index (χ0) is 24.0. The van der Waals surface area contributed by atoms with Gasteiger partial charge in [0.1, 0.15) is 0 Å². The molecule has 0 aromatic heterocycles. The zero-order valence-corrected chi connectivity index (χ0v) is 20.3. The summed E-state index contributed by atoms with van der Waals surface area (Å²) >= 11 is 0. The Morgan fingerprint density at radius 3 is 2.24 bits per heavy atom. The molecule has 0 atom stereocenters. The van der Waals surface area contributed by atoms with E-state index in [1.807, 2.05) is 12.1 Å². The minimum atomic E-state index is -3.62. The van der Waals surface area contributed by atoms with E-state index in [1.54, 1.807) is 0 Å². The van der Waals surface area contributed by atoms with Gasteiger partial charge < -0.3 is 5.32 Å². The Morgan fingerprint density at radius 1 is 0.941 bits per heavy atom. The monoisotopic (exact) mass is 480 g/mol. The molecular weight excluding hydrogens is 448 g/mol. The molecule has 0 radical (unpaired) electrons. The lowest BCUT2D eigenvalue weighted by Gasteiger charge is -2.30. The van der Waals surface area contributed by atoms with E-state index < -0.39 is 10.0 Å². The fourth-order valence-electron chi connectivity index (χ4n) is 4.78. The number of nitrogens with zero attached hydrogens (tertiary/aromatic N) is 3. The Labute approximate surface area is 202 Å². The second kappa shape index (κ2) is 11.1. The van der Waals surface area contributed by atoms with Crippen molar-refractivity contribution in [2.45, 2.75) is 50.1 Å². The maximum Gasteiger partial charge on any atom is 0.243 e. The number of amides is 1. The van der Waals surface area contributed by atoms with Crippen LogP contribution in [-0.4, -0.2) is 49.7 Å². The maximum atomic E-state index is 12.9. The summed E-state index contributed by atoms with van der Waals surface area (Å²) in [5.41, 5.74) is 2.82. The highest BCUT2D eigenvalue weighted by atomic mass is 32.2. The molecule has 2 fully saturated rings. The summed E-state index contributed by atoms with van der Waals surface area (Å²) in [6, 6.07) is 16.2. The van der Waals surface area contributed by atoms with E-state index in [-0.39, 0.29) is 16.7 Å². The van der Waals surface area contributed by atoms with Crippen LogP contribution in [0.1, 0.15) is 48.8 Å². The smallest absolute Gasteiger partial charge is 0.243 e. The van der Waals surface area contributed by atoms with Crippen molar-refractivity contribution in [1.29, 1.82) is 5.26 Å². The number of sulfonamides is 1. The Kier molecular flexibility index (Phi) is 7.99. The molecule has 2 heterocycles. The summed E-state index contributed by atoms with van der Waals surface area (Å²) in [7, 11) is -3.62. The molecule has 0 saturated carbocycles. The number of hydrogen-bond acceptors (Lipinski definition) is 5. The first kappa shape index (κ1) is 24.4. The molecule has 0 unspecified atom stereocenters. The summed E-state index contributed by atoms with van der Waals surface area (Å²) in [6.45, 7) is 4.29. The maximum absolute atomic E-state index is 12.9. The number of rotatable bonds is 7. The highest BCUT2D eigenvalue weighted by molar-refractivity contribution is 7.89. The summed E-state index contributed by atoms with van der Waals surface area (Å²) in [6.07, 6.45) is 4.80. The predicted octanol–water partition coefficient (Wildman–Crippen LogP) is 3.26. The van der Waals surface area contributed by atoms with Gasteiger partial charge in [0.05, 0.1) is 16.5 Å². The zero-order valence-electron chi connectivity index (χ0n) is 19.4. The molecule has 7 nitrogen and oxygen atoms in total. The second-order valence-electron chi connectivity index (χ2n) is 9.14. The first-order chi connectivity index (χ1) is 16.5. The molecule has 180 valence electrons. The van der Waals surface area contributed by atoms with Gasteiger partial charge in [0, 0.05) is 32.1 Å². The van der Waals surface area contributed by atoms with Crippen LogP contribution in [0.5, 0.6) is 0 Å². The van der Waals surface area contributed by atoms with Gasteiger partial charge in [0.2, 0.25) is 15.9 Å². The van der Waals surface area contributed by atoms with Gasteiger partial charge in [0.15, 0.2) is 0 Å². The standard InChI is InChI=1S/C26H32N4O3S/c27-18-21-8-10-25(11-9-21)34(32,33)30-16-12-22(13-17-30)26(31)28-19-23-6-2-3-7-24(23)20-29-14-4-1-5-15-29/h2-3,6-11,22H,1,4-5,12-17,19-20H2,(H,28,31). The van der Waals surface area contributed by atoms with Crippen molar-refractivity contribution >= 4 is 15.9 Å². The molecule has 1 N–H and O–H groups in total. The lowest BCUT2D eigenvalue weighted by atomic mass is 9.97. The van der Waals surface area contributed by atoms with Gasteiger partial charge in [0.25, 0.3) is 0 Å². The van der Waals surface area contributed by atoms with E-state index in [0.717, 1.165) is 25.2 Å². The highest BCUT2D eigenvalue weighted by Gasteiger charge is 2.32. The number of hydrogen-bond donors (Lipinski definition) is 1. The van der Waals surface area contributed by atoms with Crippen LogP contribution in [0.4, 0.5) is 0 Å². The molecule has 2 aromatic carbocycles. The normalized spacial score (nSPS) is 18.3. The van der Waals surface area contributed by atoms with Crippen LogP contribution in [0.3, 0.4) is 0 Å². The number of piperidine rings is 2. The molecule has 2 saturated heterocycles. The van der Waals surface area contributed by atoms with Crippen molar-refractivity contribution in [3.05, 3.63) is 65.2 Å². The Morgan fingerprint density at radius 2 is 1.59 bits per heavy atom. The second-order valence-corrected chi connectivity index (χ2v) is 11.1. The van der Waals surface area contributed by atoms with Gasteiger partial charge in [-0.25, -0.2) is 8.42 Å². The number of likely N-dealkylation sites (tertiary alicyclic amines) is 1. The quantitative estimate of drug-likeness (QED) is 0.657. The molecule has 0 aliphatic carbocycles. The van der Waals surface area contributed by atoms with Crippen LogP contribution >= 0.6 is 0 Å². The van der Waals surface area contributed by atoms with E-state index in [1.165, 1.54) is 53.4 Å². The summed E-state index contributed by atoms with van der Waals surface area (Å²) in [4.78, 5) is 15.5. The minimum Gasteiger partial charge on any atom is -0.352 e. The van der Waals surface area contributed by atoms with Crippen molar-refractivity contribution in [1.82, 2.24) is 14.5 Å². The molecule has 4 rings (SSSR count). The third-order valence-electron chi connectivity index (χ3n) is 6.86.